The number of aromatic nitrogens is 2. The second-order valence-electron chi connectivity index (χ2n) is 4.93. The van der Waals surface area contributed by atoms with Crippen molar-refractivity contribution in [2.24, 2.45) is 0 Å². The van der Waals surface area contributed by atoms with Crippen molar-refractivity contribution in [2.45, 2.75) is 0 Å². The molecule has 0 saturated heterocycles. The number of hydrogen-bond donors (Lipinski definition) is 0. The molecule has 4 rings (SSSR count). The predicted molar refractivity (Wildman–Crippen MR) is 90.2 cm³/mol. The lowest BCUT2D eigenvalue weighted by Gasteiger charge is -2.10. The summed E-state index contributed by atoms with van der Waals surface area (Å²) in [5.74, 6) is 0. The van der Waals surface area contributed by atoms with Gasteiger partial charge in [0.05, 0.1) is 5.52 Å². The first-order valence-electron chi connectivity index (χ1n) is 6.70. The quantitative estimate of drug-likeness (QED) is 0.446. The zero-order valence-corrected chi connectivity index (χ0v) is 12.7. The van der Waals surface area contributed by atoms with E-state index in [9.17, 15) is 0 Å². The fourth-order valence-corrected chi connectivity index (χ4v) is 2.96. The maximum atomic E-state index is 4.41. The summed E-state index contributed by atoms with van der Waals surface area (Å²) in [6.45, 7) is 0. The van der Waals surface area contributed by atoms with Crippen LogP contribution in [0, 0.1) is 0 Å². The van der Waals surface area contributed by atoms with E-state index in [1.54, 1.807) is 6.33 Å². The van der Waals surface area contributed by atoms with Crippen LogP contribution in [-0.4, -0.2) is 9.97 Å². The molecule has 3 heteroatoms. The second kappa shape index (κ2) is 4.93. The lowest BCUT2D eigenvalue weighted by molar-refractivity contribution is 1.23. The van der Waals surface area contributed by atoms with Gasteiger partial charge in [0.2, 0.25) is 0 Å². The molecular formula is C18H11BrN2. The van der Waals surface area contributed by atoms with Crippen molar-refractivity contribution >= 4 is 37.6 Å². The van der Waals surface area contributed by atoms with Crippen molar-refractivity contribution in [1.29, 1.82) is 0 Å². The van der Waals surface area contributed by atoms with Crippen LogP contribution in [0.4, 0.5) is 0 Å². The summed E-state index contributed by atoms with van der Waals surface area (Å²) in [7, 11) is 0. The molecule has 0 saturated carbocycles. The van der Waals surface area contributed by atoms with Crippen molar-refractivity contribution in [3.05, 3.63) is 71.6 Å². The summed E-state index contributed by atoms with van der Waals surface area (Å²) < 4.78 is 1.08. The van der Waals surface area contributed by atoms with Gasteiger partial charge < -0.3 is 0 Å². The van der Waals surface area contributed by atoms with Gasteiger partial charge in [0.15, 0.2) is 0 Å². The lowest BCUT2D eigenvalue weighted by atomic mass is 9.96. The summed E-state index contributed by atoms with van der Waals surface area (Å²) in [6.07, 6.45) is 3.48. The molecule has 0 amide bonds. The van der Waals surface area contributed by atoms with Crippen molar-refractivity contribution in [2.75, 3.05) is 0 Å². The molecular weight excluding hydrogens is 324 g/mol. The van der Waals surface area contributed by atoms with E-state index in [1.165, 1.54) is 21.9 Å². The molecule has 0 bridgehead atoms. The van der Waals surface area contributed by atoms with Gasteiger partial charge in [0.25, 0.3) is 0 Å². The number of rotatable bonds is 1. The van der Waals surface area contributed by atoms with Gasteiger partial charge in [-0.3, -0.25) is 0 Å². The number of halogens is 1. The van der Waals surface area contributed by atoms with Crippen LogP contribution in [0.25, 0.3) is 32.8 Å². The van der Waals surface area contributed by atoms with Gasteiger partial charge >= 0.3 is 0 Å². The Balaban J connectivity index is 2.13. The largest absolute Gasteiger partial charge is 0.244 e. The molecule has 0 fully saturated rings. The summed E-state index contributed by atoms with van der Waals surface area (Å²) in [4.78, 5) is 8.57. The third-order valence-electron chi connectivity index (χ3n) is 3.69. The van der Waals surface area contributed by atoms with Crippen LogP contribution < -0.4 is 0 Å². The highest BCUT2D eigenvalue weighted by molar-refractivity contribution is 9.10. The topological polar surface area (TPSA) is 25.8 Å². The van der Waals surface area contributed by atoms with E-state index in [0.717, 1.165) is 15.4 Å². The number of nitrogens with zero attached hydrogens (tertiary/aromatic N) is 2. The smallest absolute Gasteiger partial charge is 0.116 e. The highest BCUT2D eigenvalue weighted by Crippen LogP contribution is 2.34. The summed E-state index contributed by atoms with van der Waals surface area (Å²) in [5.41, 5.74) is 3.36. The molecule has 0 spiro atoms. The minimum absolute atomic E-state index is 0.974. The van der Waals surface area contributed by atoms with E-state index >= 15 is 0 Å². The monoisotopic (exact) mass is 334 g/mol. The Bertz CT molecular complexity index is 946. The Morgan fingerprint density at radius 1 is 0.810 bits per heavy atom. The molecule has 0 N–H and O–H groups in total. The first-order valence-corrected chi connectivity index (χ1v) is 7.49. The van der Waals surface area contributed by atoms with Gasteiger partial charge in [-0.05, 0) is 40.1 Å². The van der Waals surface area contributed by atoms with Crippen molar-refractivity contribution in [1.82, 2.24) is 9.97 Å². The molecule has 21 heavy (non-hydrogen) atoms. The molecule has 0 aliphatic heterocycles. The fraction of sp³-hybridized carbons (Fsp3) is 0. The highest BCUT2D eigenvalue weighted by atomic mass is 79.9. The molecule has 1 heterocycles. The average molecular weight is 335 g/mol. The van der Waals surface area contributed by atoms with Gasteiger partial charge in [-0.1, -0.05) is 52.3 Å². The minimum Gasteiger partial charge on any atom is -0.244 e. The Morgan fingerprint density at radius 2 is 1.57 bits per heavy atom. The van der Waals surface area contributed by atoms with Gasteiger partial charge in [-0.2, -0.15) is 0 Å². The number of hydrogen-bond acceptors (Lipinski definition) is 2. The van der Waals surface area contributed by atoms with E-state index in [4.69, 9.17) is 0 Å². The maximum absolute atomic E-state index is 4.41. The zero-order valence-electron chi connectivity index (χ0n) is 11.1. The highest BCUT2D eigenvalue weighted by Gasteiger charge is 2.08. The van der Waals surface area contributed by atoms with E-state index < -0.39 is 0 Å². The zero-order chi connectivity index (χ0) is 14.2. The molecule has 0 radical (unpaired) electrons. The minimum atomic E-state index is 0.974. The molecule has 0 aliphatic carbocycles. The molecule has 100 valence electrons. The van der Waals surface area contributed by atoms with Gasteiger partial charge in [0.1, 0.15) is 6.33 Å². The van der Waals surface area contributed by atoms with Crippen LogP contribution in [0.15, 0.2) is 71.6 Å². The van der Waals surface area contributed by atoms with E-state index in [0.29, 0.717) is 0 Å². The number of benzene rings is 3. The predicted octanol–water partition coefficient (Wildman–Crippen LogP) is 5.21. The van der Waals surface area contributed by atoms with E-state index in [2.05, 4.69) is 80.5 Å². The molecule has 0 aliphatic rings. The second-order valence-corrected chi connectivity index (χ2v) is 5.85. The maximum Gasteiger partial charge on any atom is 0.116 e. The molecule has 4 aromatic rings. The van der Waals surface area contributed by atoms with Crippen LogP contribution >= 0.6 is 15.9 Å². The number of fused-ring (bicyclic) bond motifs is 3. The molecule has 3 aromatic carbocycles. The van der Waals surface area contributed by atoms with E-state index in [1.807, 2.05) is 6.20 Å². The van der Waals surface area contributed by atoms with E-state index in [-0.39, 0.29) is 0 Å². The molecule has 0 unspecified atom stereocenters. The first kappa shape index (κ1) is 12.5. The molecule has 1 aromatic heterocycles. The van der Waals surface area contributed by atoms with Gasteiger partial charge in [-0.15, -0.1) is 0 Å². The van der Waals surface area contributed by atoms with Gasteiger partial charge in [-0.25, -0.2) is 9.97 Å². The summed E-state index contributed by atoms with van der Waals surface area (Å²) >= 11 is 3.49. The normalized spacial score (nSPS) is 11.1. The van der Waals surface area contributed by atoms with Crippen LogP contribution in [0.1, 0.15) is 0 Å². The van der Waals surface area contributed by atoms with Crippen LogP contribution in [0.3, 0.4) is 0 Å². The Labute approximate surface area is 130 Å². The average Bonchev–Trinajstić information content (AvgIpc) is 2.55. The van der Waals surface area contributed by atoms with Crippen molar-refractivity contribution in [3.63, 3.8) is 0 Å². The third kappa shape index (κ3) is 2.10. The summed E-state index contributed by atoms with van der Waals surface area (Å²) in [6, 6.07) is 18.9. The van der Waals surface area contributed by atoms with Crippen molar-refractivity contribution < 1.29 is 0 Å². The van der Waals surface area contributed by atoms with Crippen LogP contribution in [0.2, 0.25) is 0 Å². The lowest BCUT2D eigenvalue weighted by Crippen LogP contribution is -1.87. The molecule has 0 atom stereocenters. The van der Waals surface area contributed by atoms with Crippen LogP contribution in [0.5, 0.6) is 0 Å². The fourth-order valence-electron chi connectivity index (χ4n) is 2.70. The molecule has 2 nitrogen and oxygen atoms in total. The Kier molecular flexibility index (Phi) is 2.93. The Hall–Kier alpha value is -2.26. The van der Waals surface area contributed by atoms with Gasteiger partial charge in [0, 0.05) is 16.1 Å². The standard InChI is InChI=1S/C18H11BrN2/c19-13-7-5-12(6-8-13)16-9-18-17(10-20-11-21-18)15-4-2-1-3-14(15)16/h1-11H. The first-order chi connectivity index (χ1) is 10.3. The van der Waals surface area contributed by atoms with Crippen LogP contribution in [-0.2, 0) is 0 Å². The van der Waals surface area contributed by atoms with Crippen molar-refractivity contribution in [3.8, 4) is 11.1 Å². The Morgan fingerprint density at radius 3 is 2.38 bits per heavy atom. The SMILES string of the molecule is Brc1ccc(-c2cc3ncncc3c3ccccc23)cc1. The summed E-state index contributed by atoms with van der Waals surface area (Å²) in [5, 5.41) is 3.50. The third-order valence-corrected chi connectivity index (χ3v) is 4.22.